The van der Waals surface area contributed by atoms with Crippen LogP contribution in [0.3, 0.4) is 0 Å². The molecule has 0 saturated carbocycles. The summed E-state index contributed by atoms with van der Waals surface area (Å²) in [6.07, 6.45) is -0.234. The van der Waals surface area contributed by atoms with Crippen molar-refractivity contribution in [3.05, 3.63) is 34.9 Å². The number of carbonyl (C=O) groups excluding carboxylic acids is 9. The molecule has 0 spiro atoms. The number of nitrogens with one attached hydrogen (secondary N) is 7. The van der Waals surface area contributed by atoms with Gasteiger partial charge in [-0.15, -0.1) is 0 Å². The van der Waals surface area contributed by atoms with E-state index in [0.717, 1.165) is 0 Å². The van der Waals surface area contributed by atoms with Gasteiger partial charge in [-0.3, -0.25) is 43.2 Å². The molecule has 0 radical (unpaired) electrons. The normalized spacial score (nSPS) is 12.2. The first-order valence-electron chi connectivity index (χ1n) is 15.5. The summed E-state index contributed by atoms with van der Waals surface area (Å²) in [4.78, 5) is 108. The monoisotopic (exact) mass is 725 g/mol. The van der Waals surface area contributed by atoms with Crippen molar-refractivity contribution in [2.24, 2.45) is 11.5 Å². The summed E-state index contributed by atoms with van der Waals surface area (Å²) in [6.45, 7) is -0.612. The van der Waals surface area contributed by atoms with Crippen LogP contribution in [-0.2, 0) is 49.6 Å². The van der Waals surface area contributed by atoms with Crippen LogP contribution in [0.2, 0.25) is 5.02 Å². The Kier molecular flexibility index (Phi) is 19.8. The molecule has 0 aromatic heterocycles. The van der Waals surface area contributed by atoms with E-state index >= 15 is 0 Å². The van der Waals surface area contributed by atoms with Gasteiger partial charge in [0, 0.05) is 37.8 Å². The maximum absolute atomic E-state index is 12.8. The topological polar surface area (TPSA) is 310 Å². The van der Waals surface area contributed by atoms with Crippen LogP contribution in [0.1, 0.15) is 44.6 Å². The fourth-order valence-electron chi connectivity index (χ4n) is 4.17. The lowest BCUT2D eigenvalue weighted by molar-refractivity contribution is -0.131. The second-order valence-corrected chi connectivity index (χ2v) is 11.3. The molecule has 50 heavy (non-hydrogen) atoms. The summed E-state index contributed by atoms with van der Waals surface area (Å²) in [7, 11) is 0. The summed E-state index contributed by atoms with van der Waals surface area (Å²) in [5.41, 5.74) is 11.3. The van der Waals surface area contributed by atoms with Crippen LogP contribution in [0.4, 0.5) is 0 Å². The molecule has 1 aromatic rings. The second-order valence-electron chi connectivity index (χ2n) is 10.9. The van der Waals surface area contributed by atoms with Gasteiger partial charge >= 0.3 is 0 Å². The quantitative estimate of drug-likeness (QED) is 0.0484. The zero-order chi connectivity index (χ0) is 37.6. The highest BCUT2D eigenvalue weighted by atomic mass is 35.5. The van der Waals surface area contributed by atoms with E-state index in [9.17, 15) is 43.2 Å². The second kappa shape index (κ2) is 23.1. The number of hydrogen-bond donors (Lipinski definition) is 10. The van der Waals surface area contributed by atoms with Crippen LogP contribution < -0.4 is 48.7 Å². The van der Waals surface area contributed by atoms with Gasteiger partial charge < -0.3 is 53.8 Å². The van der Waals surface area contributed by atoms with E-state index in [0.29, 0.717) is 10.6 Å². The van der Waals surface area contributed by atoms with Crippen LogP contribution in [0, 0.1) is 0 Å². The SMILES string of the molecule is CC(=O)NCC(=O)NC(CCC(=O)NCCCC(NC(=O)CNC(=O)CNC(=O)C(Cc1cccc(Cl)c1)NC(=O)CCO)C(N)=O)C(N)=O. The first kappa shape index (κ1) is 42.7. The van der Waals surface area contributed by atoms with Crippen molar-refractivity contribution < 1.29 is 48.3 Å². The number of primary amides is 2. The lowest BCUT2D eigenvalue weighted by atomic mass is 10.0. The number of nitrogens with two attached hydrogens (primary N) is 2. The molecule has 0 saturated heterocycles. The Morgan fingerprint density at radius 2 is 1.28 bits per heavy atom. The van der Waals surface area contributed by atoms with Gasteiger partial charge in [-0.25, -0.2) is 0 Å². The van der Waals surface area contributed by atoms with Crippen LogP contribution in [0.15, 0.2) is 24.3 Å². The molecule has 9 amide bonds. The summed E-state index contributed by atoms with van der Waals surface area (Å²) in [5, 5.41) is 26.1. The first-order valence-corrected chi connectivity index (χ1v) is 15.9. The summed E-state index contributed by atoms with van der Waals surface area (Å²) in [6, 6.07) is 3.23. The minimum atomic E-state index is -1.14. The maximum Gasteiger partial charge on any atom is 0.243 e. The van der Waals surface area contributed by atoms with Gasteiger partial charge in [-0.05, 0) is 37.0 Å². The number of hydrogen-bond acceptors (Lipinski definition) is 10. The molecule has 20 heteroatoms. The van der Waals surface area contributed by atoms with E-state index in [4.69, 9.17) is 28.2 Å². The predicted octanol–water partition coefficient (Wildman–Crippen LogP) is -4.26. The lowest BCUT2D eigenvalue weighted by Crippen LogP contribution is -2.51. The molecular weight excluding hydrogens is 682 g/mol. The van der Waals surface area contributed by atoms with Crippen molar-refractivity contribution in [3.8, 4) is 0 Å². The zero-order valence-electron chi connectivity index (χ0n) is 27.5. The average Bonchev–Trinajstić information content (AvgIpc) is 3.04. The van der Waals surface area contributed by atoms with Crippen molar-refractivity contribution >= 4 is 64.8 Å². The highest BCUT2D eigenvalue weighted by Gasteiger charge is 2.23. The molecule has 276 valence electrons. The minimum absolute atomic E-state index is 0.0322. The third-order valence-corrected chi connectivity index (χ3v) is 6.93. The molecule has 0 aliphatic heterocycles. The molecule has 3 unspecified atom stereocenters. The van der Waals surface area contributed by atoms with E-state index in [1.165, 1.54) is 6.92 Å². The van der Waals surface area contributed by atoms with Crippen LogP contribution in [0.25, 0.3) is 0 Å². The number of rotatable bonds is 23. The fraction of sp³-hybridized carbons (Fsp3) is 0.500. The Balaban J connectivity index is 2.47. The Morgan fingerprint density at radius 1 is 0.700 bits per heavy atom. The molecular formula is C30H44ClN9O10. The maximum atomic E-state index is 12.8. The summed E-state index contributed by atoms with van der Waals surface area (Å²) in [5.74, 6) is -6.11. The zero-order valence-corrected chi connectivity index (χ0v) is 28.2. The van der Waals surface area contributed by atoms with E-state index in [-0.39, 0.29) is 51.6 Å². The van der Waals surface area contributed by atoms with Crippen LogP contribution in [0.5, 0.6) is 0 Å². The van der Waals surface area contributed by atoms with Gasteiger partial charge in [0.1, 0.15) is 18.1 Å². The van der Waals surface area contributed by atoms with Crippen molar-refractivity contribution in [2.75, 3.05) is 32.8 Å². The van der Waals surface area contributed by atoms with E-state index in [2.05, 4.69) is 37.2 Å². The standard InChI is InChI=1S/C30H44ClN9O10/c1-17(42)35-15-26(46)39-21(29(33)49)7-8-23(43)34-10-3-6-20(28(32)48)38-27(47)16-36-25(45)14-37-30(50)22(40-24(44)9-11-41)13-18-4-2-5-19(31)12-18/h2,4-5,12,20-22,41H,3,6-11,13-16H2,1H3,(H2,32,48)(H2,33,49)(H,34,43)(H,35,42)(H,36,45)(H,37,50)(H,38,47)(H,39,46)(H,40,44). The van der Waals surface area contributed by atoms with E-state index in [1.54, 1.807) is 24.3 Å². The Labute approximate surface area is 292 Å². The molecule has 0 aliphatic rings. The smallest absolute Gasteiger partial charge is 0.243 e. The van der Waals surface area contributed by atoms with Crippen LogP contribution >= 0.6 is 11.6 Å². The Bertz CT molecular complexity index is 1390. The Hall–Kier alpha value is -5.30. The largest absolute Gasteiger partial charge is 0.396 e. The molecule has 0 aliphatic carbocycles. The van der Waals surface area contributed by atoms with Crippen molar-refractivity contribution in [1.82, 2.24) is 37.2 Å². The highest BCUT2D eigenvalue weighted by molar-refractivity contribution is 6.30. The van der Waals surface area contributed by atoms with Gasteiger partial charge in [0.2, 0.25) is 53.2 Å². The molecule has 0 heterocycles. The molecule has 1 aromatic carbocycles. The van der Waals surface area contributed by atoms with Gasteiger partial charge in [-0.1, -0.05) is 23.7 Å². The molecule has 0 fully saturated rings. The fourth-order valence-corrected chi connectivity index (χ4v) is 4.39. The van der Waals surface area contributed by atoms with Gasteiger partial charge in [-0.2, -0.15) is 0 Å². The van der Waals surface area contributed by atoms with Crippen molar-refractivity contribution in [2.45, 2.75) is 63.6 Å². The molecule has 3 atom stereocenters. The van der Waals surface area contributed by atoms with Gasteiger partial charge in [0.05, 0.1) is 26.2 Å². The van der Waals surface area contributed by atoms with Gasteiger partial charge in [0.15, 0.2) is 0 Å². The summed E-state index contributed by atoms with van der Waals surface area (Å²) < 4.78 is 0. The minimum Gasteiger partial charge on any atom is -0.396 e. The van der Waals surface area contributed by atoms with E-state index < -0.39 is 91.0 Å². The lowest BCUT2D eigenvalue weighted by Gasteiger charge is -2.19. The number of aliphatic hydroxyl groups excluding tert-OH is 1. The number of carbonyl (C=O) groups is 9. The highest BCUT2D eigenvalue weighted by Crippen LogP contribution is 2.12. The molecule has 1 rings (SSSR count). The number of amides is 9. The van der Waals surface area contributed by atoms with Gasteiger partial charge in [0.25, 0.3) is 0 Å². The average molecular weight is 726 g/mol. The molecule has 0 bridgehead atoms. The van der Waals surface area contributed by atoms with Crippen molar-refractivity contribution in [3.63, 3.8) is 0 Å². The number of halogens is 1. The number of aliphatic hydroxyl groups is 1. The first-order chi connectivity index (χ1) is 23.6. The predicted molar refractivity (Wildman–Crippen MR) is 177 cm³/mol. The Morgan fingerprint density at radius 3 is 1.86 bits per heavy atom. The number of benzene rings is 1. The van der Waals surface area contributed by atoms with E-state index in [1.807, 2.05) is 0 Å². The third-order valence-electron chi connectivity index (χ3n) is 6.70. The van der Waals surface area contributed by atoms with Crippen molar-refractivity contribution in [1.29, 1.82) is 0 Å². The van der Waals surface area contributed by atoms with Crippen LogP contribution in [-0.4, -0.2) is 109 Å². The molecule has 19 nitrogen and oxygen atoms in total. The third kappa shape index (κ3) is 18.9. The molecule has 12 N–H and O–H groups in total. The summed E-state index contributed by atoms with van der Waals surface area (Å²) >= 11 is 5.99.